The Bertz CT molecular complexity index is 650. The summed E-state index contributed by atoms with van der Waals surface area (Å²) in [7, 11) is 0. The molecule has 4 nitrogen and oxygen atoms in total. The van der Waals surface area contributed by atoms with Crippen molar-refractivity contribution in [3.05, 3.63) is 61.1 Å². The molecule has 1 aromatic carbocycles. The second kappa shape index (κ2) is 4.37. The van der Waals surface area contributed by atoms with Crippen LogP contribution in [0.15, 0.2) is 55.2 Å². The third kappa shape index (κ3) is 1.86. The zero-order valence-corrected chi connectivity index (χ0v) is 9.36. The van der Waals surface area contributed by atoms with Gasteiger partial charge in [-0.15, -0.1) is 0 Å². The van der Waals surface area contributed by atoms with Crippen LogP contribution in [-0.2, 0) is 0 Å². The molecular formula is C13H9FN4. The molecule has 0 aliphatic carbocycles. The second-order valence-electron chi connectivity index (χ2n) is 3.74. The molecule has 0 saturated carbocycles. The molecule has 0 aliphatic rings. The molecule has 18 heavy (non-hydrogen) atoms. The Hall–Kier alpha value is -2.56. The third-order valence-electron chi connectivity index (χ3n) is 2.60. The number of hydrogen-bond acceptors (Lipinski definition) is 3. The van der Waals surface area contributed by atoms with Crippen LogP contribution in [0.2, 0.25) is 0 Å². The second-order valence-corrected chi connectivity index (χ2v) is 3.74. The summed E-state index contributed by atoms with van der Waals surface area (Å²) in [6, 6.07) is 8.28. The fourth-order valence-corrected chi connectivity index (χ4v) is 1.73. The Kier molecular flexibility index (Phi) is 2.57. The highest BCUT2D eigenvalue weighted by molar-refractivity contribution is 5.62. The fraction of sp³-hybridized carbons (Fsp3) is 0. The number of imidazole rings is 1. The molecule has 0 radical (unpaired) electrons. The quantitative estimate of drug-likeness (QED) is 0.691. The van der Waals surface area contributed by atoms with Crippen molar-refractivity contribution in [2.45, 2.75) is 0 Å². The third-order valence-corrected chi connectivity index (χ3v) is 2.60. The average molecular weight is 240 g/mol. The van der Waals surface area contributed by atoms with Crippen molar-refractivity contribution in [1.82, 2.24) is 19.7 Å². The lowest BCUT2D eigenvalue weighted by Gasteiger charge is -2.06. The summed E-state index contributed by atoms with van der Waals surface area (Å²) in [6.07, 6.45) is 6.69. The monoisotopic (exact) mass is 240 g/mol. The van der Waals surface area contributed by atoms with Gasteiger partial charge in [0.05, 0.1) is 12.0 Å². The summed E-state index contributed by atoms with van der Waals surface area (Å²) >= 11 is 0. The van der Waals surface area contributed by atoms with Crippen molar-refractivity contribution in [2.75, 3.05) is 0 Å². The summed E-state index contributed by atoms with van der Waals surface area (Å²) in [5.41, 5.74) is 1.76. The number of halogens is 1. The smallest absolute Gasteiger partial charge is 0.132 e. The number of nitrogens with zero attached hydrogens (tertiary/aromatic N) is 4. The van der Waals surface area contributed by atoms with Crippen molar-refractivity contribution in [3.8, 4) is 16.9 Å². The standard InChI is InChI=1S/C13H9FN4/c14-12-4-3-10(18-7-6-15-9-18)8-11(12)13-2-1-5-16-17-13/h1-9H. The van der Waals surface area contributed by atoms with E-state index < -0.39 is 0 Å². The molecule has 0 unspecified atom stereocenters. The van der Waals surface area contributed by atoms with Crippen molar-refractivity contribution < 1.29 is 4.39 Å². The minimum atomic E-state index is -0.320. The Labute approximate surface area is 103 Å². The van der Waals surface area contributed by atoms with E-state index in [2.05, 4.69) is 15.2 Å². The highest BCUT2D eigenvalue weighted by Crippen LogP contribution is 2.23. The van der Waals surface area contributed by atoms with Crippen LogP contribution in [0.25, 0.3) is 16.9 Å². The lowest BCUT2D eigenvalue weighted by molar-refractivity contribution is 0.630. The van der Waals surface area contributed by atoms with E-state index in [0.29, 0.717) is 11.3 Å². The maximum absolute atomic E-state index is 13.8. The van der Waals surface area contributed by atoms with Crippen molar-refractivity contribution in [2.24, 2.45) is 0 Å². The summed E-state index contributed by atoms with van der Waals surface area (Å²) in [6.45, 7) is 0. The highest BCUT2D eigenvalue weighted by atomic mass is 19.1. The molecule has 0 aliphatic heterocycles. The summed E-state index contributed by atoms with van der Waals surface area (Å²) in [4.78, 5) is 3.96. The van der Waals surface area contributed by atoms with Gasteiger partial charge < -0.3 is 4.57 Å². The van der Waals surface area contributed by atoms with Gasteiger partial charge in [-0.05, 0) is 30.3 Å². The van der Waals surface area contributed by atoms with Crippen LogP contribution >= 0.6 is 0 Å². The van der Waals surface area contributed by atoms with Crippen LogP contribution < -0.4 is 0 Å². The molecule has 0 N–H and O–H groups in total. The van der Waals surface area contributed by atoms with Gasteiger partial charge in [-0.25, -0.2) is 9.37 Å². The number of rotatable bonds is 2. The van der Waals surface area contributed by atoms with E-state index in [1.807, 2.05) is 0 Å². The van der Waals surface area contributed by atoms with Gasteiger partial charge in [-0.2, -0.15) is 10.2 Å². The predicted octanol–water partition coefficient (Wildman–Crippen LogP) is 2.47. The Balaban J connectivity index is 2.13. The van der Waals surface area contributed by atoms with Gasteiger partial charge in [0.25, 0.3) is 0 Å². The van der Waals surface area contributed by atoms with E-state index in [4.69, 9.17) is 0 Å². The minimum Gasteiger partial charge on any atom is -0.306 e. The Morgan fingerprint density at radius 3 is 2.78 bits per heavy atom. The molecule has 3 aromatic rings. The first-order chi connectivity index (χ1) is 8.84. The average Bonchev–Trinajstić information content (AvgIpc) is 2.94. The number of aromatic nitrogens is 4. The van der Waals surface area contributed by atoms with Crippen LogP contribution in [0, 0.1) is 5.82 Å². The molecule has 0 spiro atoms. The molecule has 0 amide bonds. The van der Waals surface area contributed by atoms with Crippen molar-refractivity contribution >= 4 is 0 Å². The van der Waals surface area contributed by atoms with Crippen LogP contribution in [0.5, 0.6) is 0 Å². The Morgan fingerprint density at radius 1 is 1.11 bits per heavy atom. The molecule has 5 heteroatoms. The highest BCUT2D eigenvalue weighted by Gasteiger charge is 2.08. The SMILES string of the molecule is Fc1ccc(-n2ccnc2)cc1-c1cccnn1. The van der Waals surface area contributed by atoms with E-state index in [9.17, 15) is 4.39 Å². The lowest BCUT2D eigenvalue weighted by atomic mass is 10.1. The molecule has 0 bridgehead atoms. The van der Waals surface area contributed by atoms with E-state index in [0.717, 1.165) is 5.69 Å². The van der Waals surface area contributed by atoms with E-state index in [-0.39, 0.29) is 5.82 Å². The molecule has 0 atom stereocenters. The topological polar surface area (TPSA) is 43.6 Å². The molecule has 0 saturated heterocycles. The van der Waals surface area contributed by atoms with Gasteiger partial charge >= 0.3 is 0 Å². The first-order valence-corrected chi connectivity index (χ1v) is 5.40. The van der Waals surface area contributed by atoms with Gasteiger partial charge in [-0.1, -0.05) is 0 Å². The van der Waals surface area contributed by atoms with Crippen LogP contribution in [-0.4, -0.2) is 19.7 Å². The number of benzene rings is 1. The van der Waals surface area contributed by atoms with E-state index in [1.54, 1.807) is 53.8 Å². The van der Waals surface area contributed by atoms with Crippen LogP contribution in [0.1, 0.15) is 0 Å². The maximum atomic E-state index is 13.8. The fourth-order valence-electron chi connectivity index (χ4n) is 1.73. The summed E-state index contributed by atoms with van der Waals surface area (Å²) in [5, 5.41) is 7.68. The van der Waals surface area contributed by atoms with Crippen molar-refractivity contribution in [1.29, 1.82) is 0 Å². The largest absolute Gasteiger partial charge is 0.306 e. The zero-order valence-electron chi connectivity index (χ0n) is 9.36. The van der Waals surface area contributed by atoms with Crippen LogP contribution in [0.4, 0.5) is 4.39 Å². The van der Waals surface area contributed by atoms with E-state index in [1.165, 1.54) is 6.07 Å². The van der Waals surface area contributed by atoms with Gasteiger partial charge in [0.15, 0.2) is 0 Å². The molecule has 88 valence electrons. The maximum Gasteiger partial charge on any atom is 0.132 e. The molecule has 2 heterocycles. The zero-order chi connectivity index (χ0) is 12.4. The lowest BCUT2D eigenvalue weighted by Crippen LogP contribution is -1.94. The predicted molar refractivity (Wildman–Crippen MR) is 64.5 cm³/mol. The van der Waals surface area contributed by atoms with Crippen molar-refractivity contribution in [3.63, 3.8) is 0 Å². The summed E-state index contributed by atoms with van der Waals surface area (Å²) in [5.74, 6) is -0.320. The van der Waals surface area contributed by atoms with Gasteiger partial charge in [-0.3, -0.25) is 0 Å². The molecule has 0 fully saturated rings. The molecular weight excluding hydrogens is 231 g/mol. The first kappa shape index (κ1) is 10.6. The molecule has 3 rings (SSSR count). The van der Waals surface area contributed by atoms with Gasteiger partial charge in [0.1, 0.15) is 5.82 Å². The molecule has 2 aromatic heterocycles. The normalized spacial score (nSPS) is 10.5. The van der Waals surface area contributed by atoms with Gasteiger partial charge in [0.2, 0.25) is 0 Å². The first-order valence-electron chi connectivity index (χ1n) is 5.40. The summed E-state index contributed by atoms with van der Waals surface area (Å²) < 4.78 is 15.6. The minimum absolute atomic E-state index is 0.320. The van der Waals surface area contributed by atoms with Crippen LogP contribution in [0.3, 0.4) is 0 Å². The number of hydrogen-bond donors (Lipinski definition) is 0. The van der Waals surface area contributed by atoms with Gasteiger partial charge in [0, 0.05) is 29.8 Å². The van der Waals surface area contributed by atoms with E-state index >= 15 is 0 Å². The Morgan fingerprint density at radius 2 is 2.06 bits per heavy atom.